The molecule has 2 rings (SSSR count). The number of aliphatic imine (C=N–C) groups is 1. The fourth-order valence-corrected chi connectivity index (χ4v) is 2.66. The van der Waals surface area contributed by atoms with Gasteiger partial charge < -0.3 is 19.9 Å². The largest absolute Gasteiger partial charge is 0.381 e. The zero-order valence-corrected chi connectivity index (χ0v) is 16.5. The number of halogens is 1. The summed E-state index contributed by atoms with van der Waals surface area (Å²) in [6, 6.07) is 0.356. The molecule has 1 heterocycles. The molecule has 2 unspecified atom stereocenters. The van der Waals surface area contributed by atoms with Gasteiger partial charge in [-0.15, -0.1) is 34.2 Å². The van der Waals surface area contributed by atoms with Crippen LogP contribution in [0.25, 0.3) is 0 Å². The molecule has 0 saturated heterocycles. The number of ether oxygens (including phenoxy) is 1. The lowest BCUT2D eigenvalue weighted by Crippen LogP contribution is -2.63. The fourth-order valence-electron chi connectivity index (χ4n) is 2.66. The Morgan fingerprint density at radius 2 is 2.14 bits per heavy atom. The highest BCUT2D eigenvalue weighted by Gasteiger charge is 2.48. The number of aromatic nitrogens is 3. The monoisotopic (exact) mass is 422 g/mol. The molecule has 8 heteroatoms. The summed E-state index contributed by atoms with van der Waals surface area (Å²) in [5.74, 6) is 2.57. The minimum Gasteiger partial charge on any atom is -0.381 e. The molecule has 1 aromatic rings. The van der Waals surface area contributed by atoms with Crippen molar-refractivity contribution in [2.75, 3.05) is 14.2 Å². The van der Waals surface area contributed by atoms with E-state index in [1.165, 1.54) is 0 Å². The van der Waals surface area contributed by atoms with Gasteiger partial charge in [-0.05, 0) is 13.3 Å². The smallest absolute Gasteiger partial charge is 0.191 e. The molecule has 1 saturated carbocycles. The molecule has 0 amide bonds. The van der Waals surface area contributed by atoms with Crippen molar-refractivity contribution in [2.45, 2.75) is 45.9 Å². The van der Waals surface area contributed by atoms with Crippen molar-refractivity contribution in [3.63, 3.8) is 0 Å². The number of nitrogens with one attached hydrogen (secondary N) is 2. The highest BCUT2D eigenvalue weighted by molar-refractivity contribution is 14.0. The molecule has 1 aromatic heterocycles. The molecule has 2 N–H and O–H groups in total. The molecule has 1 aliphatic carbocycles. The third-order valence-corrected chi connectivity index (χ3v) is 4.59. The first-order valence-corrected chi connectivity index (χ1v) is 7.25. The van der Waals surface area contributed by atoms with Crippen molar-refractivity contribution in [3.8, 4) is 0 Å². The van der Waals surface area contributed by atoms with Crippen molar-refractivity contribution < 1.29 is 4.74 Å². The number of rotatable bonds is 4. The molecule has 126 valence electrons. The summed E-state index contributed by atoms with van der Waals surface area (Å²) in [4.78, 5) is 4.27. The Labute approximate surface area is 149 Å². The average molecular weight is 422 g/mol. The Morgan fingerprint density at radius 1 is 1.45 bits per heavy atom. The van der Waals surface area contributed by atoms with Crippen molar-refractivity contribution >= 4 is 29.9 Å². The molecule has 7 nitrogen and oxygen atoms in total. The van der Waals surface area contributed by atoms with E-state index in [1.807, 2.05) is 18.5 Å². The second kappa shape index (κ2) is 7.58. The molecule has 2 atom stereocenters. The average Bonchev–Trinajstić information content (AvgIpc) is 2.77. The normalized spacial score (nSPS) is 23.5. The number of hydrogen-bond acceptors (Lipinski definition) is 4. The van der Waals surface area contributed by atoms with Crippen LogP contribution in [0.3, 0.4) is 0 Å². The zero-order chi connectivity index (χ0) is 15.6. The molecular weight excluding hydrogens is 395 g/mol. The number of guanidine groups is 1. The van der Waals surface area contributed by atoms with Crippen LogP contribution in [0.2, 0.25) is 0 Å². The SMILES string of the molecule is CN=C(NCc1nnc(C)n1C)NC1CC(OC)C1(C)C.I. The van der Waals surface area contributed by atoms with Crippen molar-refractivity contribution in [1.29, 1.82) is 0 Å². The number of nitrogens with zero attached hydrogens (tertiary/aromatic N) is 4. The minimum absolute atomic E-state index is 0. The highest BCUT2D eigenvalue weighted by atomic mass is 127. The van der Waals surface area contributed by atoms with E-state index < -0.39 is 0 Å². The molecule has 0 aliphatic heterocycles. The second-order valence-electron chi connectivity index (χ2n) is 6.13. The highest BCUT2D eigenvalue weighted by Crippen LogP contribution is 2.42. The quantitative estimate of drug-likeness (QED) is 0.434. The van der Waals surface area contributed by atoms with Gasteiger partial charge in [0.2, 0.25) is 0 Å². The maximum Gasteiger partial charge on any atom is 0.191 e. The first-order valence-electron chi connectivity index (χ1n) is 7.25. The summed E-state index contributed by atoms with van der Waals surface area (Å²) >= 11 is 0. The van der Waals surface area contributed by atoms with E-state index in [-0.39, 0.29) is 29.4 Å². The van der Waals surface area contributed by atoms with E-state index in [4.69, 9.17) is 4.74 Å². The number of methoxy groups -OCH3 is 1. The van der Waals surface area contributed by atoms with Crippen molar-refractivity contribution in [1.82, 2.24) is 25.4 Å². The molecule has 0 bridgehead atoms. The number of hydrogen-bond donors (Lipinski definition) is 2. The zero-order valence-electron chi connectivity index (χ0n) is 14.2. The van der Waals surface area contributed by atoms with Crippen LogP contribution in [0.1, 0.15) is 31.9 Å². The Balaban J connectivity index is 0.00000242. The molecule has 22 heavy (non-hydrogen) atoms. The van der Waals surface area contributed by atoms with E-state index in [0.717, 1.165) is 24.0 Å². The Kier molecular flexibility index (Phi) is 6.60. The predicted molar refractivity (Wildman–Crippen MR) is 97.5 cm³/mol. The summed E-state index contributed by atoms with van der Waals surface area (Å²) in [5.41, 5.74) is 0.105. The summed E-state index contributed by atoms with van der Waals surface area (Å²) in [7, 11) is 5.50. The standard InChI is InChI=1S/C14H26N6O.HI/c1-9-18-19-12(20(9)5)8-16-13(15-4)17-10-7-11(21-6)14(10,2)3;/h10-11H,7-8H2,1-6H3,(H2,15,16,17);1H. The van der Waals surface area contributed by atoms with Gasteiger partial charge in [0.1, 0.15) is 5.82 Å². The second-order valence-corrected chi connectivity index (χ2v) is 6.13. The lowest BCUT2D eigenvalue weighted by atomic mass is 9.64. The van der Waals surface area contributed by atoms with Crippen molar-refractivity contribution in [2.24, 2.45) is 17.5 Å². The van der Waals surface area contributed by atoms with Crippen LogP contribution in [-0.4, -0.2) is 47.0 Å². The molecule has 0 aromatic carbocycles. The lowest BCUT2D eigenvalue weighted by molar-refractivity contribution is -0.0922. The molecule has 1 fully saturated rings. The molecule has 0 radical (unpaired) electrons. The van der Waals surface area contributed by atoms with Crippen molar-refractivity contribution in [3.05, 3.63) is 11.6 Å². The Hall–Kier alpha value is -0.900. The first kappa shape index (κ1) is 19.1. The van der Waals surface area contributed by atoms with E-state index in [0.29, 0.717) is 18.7 Å². The van der Waals surface area contributed by atoms with Gasteiger partial charge in [-0.2, -0.15) is 0 Å². The van der Waals surface area contributed by atoms with Crippen LogP contribution < -0.4 is 10.6 Å². The topological polar surface area (TPSA) is 76.4 Å². The van der Waals surface area contributed by atoms with E-state index >= 15 is 0 Å². The third kappa shape index (κ3) is 3.70. The minimum atomic E-state index is 0. The van der Waals surface area contributed by atoms with Gasteiger partial charge in [-0.1, -0.05) is 13.8 Å². The van der Waals surface area contributed by atoms with Crippen LogP contribution in [-0.2, 0) is 18.3 Å². The van der Waals surface area contributed by atoms with Gasteiger partial charge in [0.25, 0.3) is 0 Å². The van der Waals surface area contributed by atoms with Gasteiger partial charge >= 0.3 is 0 Å². The lowest BCUT2D eigenvalue weighted by Gasteiger charge is -2.51. The van der Waals surface area contributed by atoms with Crippen LogP contribution in [0.5, 0.6) is 0 Å². The number of aryl methyl sites for hydroxylation is 1. The summed E-state index contributed by atoms with van der Waals surface area (Å²) in [6.45, 7) is 6.95. The fraction of sp³-hybridized carbons (Fsp3) is 0.786. The van der Waals surface area contributed by atoms with Gasteiger partial charge in [0, 0.05) is 32.7 Å². The maximum atomic E-state index is 5.47. The van der Waals surface area contributed by atoms with Crippen LogP contribution in [0, 0.1) is 12.3 Å². The summed E-state index contributed by atoms with van der Waals surface area (Å²) < 4.78 is 7.44. The maximum absolute atomic E-state index is 5.47. The van der Waals surface area contributed by atoms with Crippen LogP contribution in [0.4, 0.5) is 0 Å². The van der Waals surface area contributed by atoms with Gasteiger partial charge in [-0.25, -0.2) is 0 Å². The van der Waals surface area contributed by atoms with E-state index in [2.05, 4.69) is 39.7 Å². The Bertz CT molecular complexity index is 527. The molecular formula is C14H27IN6O. The summed E-state index contributed by atoms with van der Waals surface area (Å²) in [6.07, 6.45) is 1.29. The van der Waals surface area contributed by atoms with Crippen LogP contribution in [0.15, 0.2) is 4.99 Å². The first-order chi connectivity index (χ1) is 9.90. The Morgan fingerprint density at radius 3 is 2.59 bits per heavy atom. The predicted octanol–water partition coefficient (Wildman–Crippen LogP) is 1.22. The third-order valence-electron chi connectivity index (χ3n) is 4.59. The van der Waals surface area contributed by atoms with Gasteiger partial charge in [0.15, 0.2) is 11.8 Å². The van der Waals surface area contributed by atoms with Gasteiger partial charge in [0.05, 0.1) is 12.6 Å². The van der Waals surface area contributed by atoms with E-state index in [1.54, 1.807) is 14.2 Å². The summed E-state index contributed by atoms with van der Waals surface area (Å²) in [5, 5.41) is 14.9. The molecule has 1 aliphatic rings. The molecule has 0 spiro atoms. The van der Waals surface area contributed by atoms with E-state index in [9.17, 15) is 0 Å². The van der Waals surface area contributed by atoms with Crippen LogP contribution >= 0.6 is 24.0 Å². The van der Waals surface area contributed by atoms with Gasteiger partial charge in [-0.3, -0.25) is 4.99 Å².